The molecule has 160 valence electrons. The molecule has 1 heterocycles. The number of nitrogens with zero attached hydrogens (tertiary/aromatic N) is 1. The average molecular weight is 415 g/mol. The lowest BCUT2D eigenvalue weighted by molar-refractivity contribution is 0.299. The second-order valence-corrected chi connectivity index (χ2v) is 7.97. The maximum absolute atomic E-state index is 6.33. The van der Waals surface area contributed by atoms with Crippen LogP contribution in [0.3, 0.4) is 0 Å². The van der Waals surface area contributed by atoms with E-state index in [1.54, 1.807) is 0 Å². The first-order valence-electron chi connectivity index (χ1n) is 11.0. The van der Waals surface area contributed by atoms with Crippen LogP contribution in [0.1, 0.15) is 47.8 Å². The number of ether oxygens (including phenoxy) is 2. The summed E-state index contributed by atoms with van der Waals surface area (Å²) in [4.78, 5) is 8.45. The van der Waals surface area contributed by atoms with Crippen molar-refractivity contribution < 1.29 is 9.47 Å². The van der Waals surface area contributed by atoms with Gasteiger partial charge in [-0.15, -0.1) is 0 Å². The molecule has 1 N–H and O–H groups in total. The number of hydrogen-bond acceptors (Lipinski definition) is 3. The molecular weight excluding hydrogens is 384 g/mol. The van der Waals surface area contributed by atoms with Crippen LogP contribution in [-0.4, -0.2) is 9.97 Å². The molecule has 0 spiro atoms. The molecule has 0 saturated heterocycles. The molecule has 3 aromatic carbocycles. The van der Waals surface area contributed by atoms with Gasteiger partial charge in [-0.25, -0.2) is 4.98 Å². The number of aromatic amines is 1. The molecule has 1 aromatic heterocycles. The number of aryl methyl sites for hydroxylation is 1. The molecule has 0 fully saturated rings. The molecule has 0 amide bonds. The van der Waals surface area contributed by atoms with Gasteiger partial charge < -0.3 is 14.5 Å². The maximum Gasteiger partial charge on any atom is 0.151 e. The highest BCUT2D eigenvalue weighted by molar-refractivity contribution is 5.90. The summed E-state index contributed by atoms with van der Waals surface area (Å²) >= 11 is 0. The minimum Gasteiger partial charge on any atom is -0.486 e. The highest BCUT2D eigenvalue weighted by Gasteiger charge is 2.21. The highest BCUT2D eigenvalue weighted by atomic mass is 16.5. The van der Waals surface area contributed by atoms with E-state index in [2.05, 4.69) is 50.0 Å². The predicted molar refractivity (Wildman–Crippen MR) is 126 cm³/mol. The third kappa shape index (κ3) is 4.74. The van der Waals surface area contributed by atoms with Crippen LogP contribution in [0.25, 0.3) is 11.0 Å². The molecule has 0 aliphatic rings. The summed E-state index contributed by atoms with van der Waals surface area (Å²) in [7, 11) is 0. The Labute approximate surface area is 184 Å². The van der Waals surface area contributed by atoms with Gasteiger partial charge in [-0.05, 0) is 37.0 Å². The number of aromatic nitrogens is 2. The Balaban J connectivity index is 1.71. The van der Waals surface area contributed by atoms with Gasteiger partial charge in [-0.1, -0.05) is 74.0 Å². The van der Waals surface area contributed by atoms with Crippen LogP contribution in [0.4, 0.5) is 0 Å². The fraction of sp³-hybridized carbons (Fsp3) is 0.296. The fourth-order valence-electron chi connectivity index (χ4n) is 3.74. The monoisotopic (exact) mass is 414 g/mol. The van der Waals surface area contributed by atoms with Gasteiger partial charge in [0.05, 0.1) is 0 Å². The minimum atomic E-state index is 0.512. The Morgan fingerprint density at radius 1 is 0.774 bits per heavy atom. The molecule has 4 rings (SSSR count). The van der Waals surface area contributed by atoms with Crippen LogP contribution in [0, 0.1) is 13.8 Å². The lowest BCUT2D eigenvalue weighted by atomic mass is 10.1. The van der Waals surface area contributed by atoms with Gasteiger partial charge in [-0.3, -0.25) is 0 Å². The third-order valence-corrected chi connectivity index (χ3v) is 5.66. The topological polar surface area (TPSA) is 47.1 Å². The van der Waals surface area contributed by atoms with E-state index in [1.807, 2.05) is 36.4 Å². The van der Waals surface area contributed by atoms with Crippen LogP contribution >= 0.6 is 0 Å². The standard InChI is InChI=1S/C27H30N2O2/c1-4-5-16-23-28-24-25(29-23)27(31-18-22-14-10-7-11-15-22)20(3)19(2)26(24)30-17-21-12-8-6-9-13-21/h6-15H,4-5,16-18H2,1-3H3,(H,28,29). The summed E-state index contributed by atoms with van der Waals surface area (Å²) in [6.45, 7) is 7.41. The average Bonchev–Trinajstić information content (AvgIpc) is 3.22. The zero-order valence-electron chi connectivity index (χ0n) is 18.6. The smallest absolute Gasteiger partial charge is 0.151 e. The Kier molecular flexibility index (Phi) is 6.56. The van der Waals surface area contributed by atoms with Gasteiger partial charge in [0.15, 0.2) is 5.75 Å². The normalized spacial score (nSPS) is 11.1. The van der Waals surface area contributed by atoms with Gasteiger partial charge >= 0.3 is 0 Å². The number of fused-ring (bicyclic) bond motifs is 1. The second-order valence-electron chi connectivity index (χ2n) is 7.97. The van der Waals surface area contributed by atoms with Gasteiger partial charge in [0.25, 0.3) is 0 Å². The first kappa shape index (κ1) is 21.0. The van der Waals surface area contributed by atoms with Crippen LogP contribution in [0.2, 0.25) is 0 Å². The lowest BCUT2D eigenvalue weighted by Crippen LogP contribution is -2.03. The van der Waals surface area contributed by atoms with Gasteiger partial charge in [-0.2, -0.15) is 0 Å². The summed E-state index contributed by atoms with van der Waals surface area (Å²) in [5, 5.41) is 0. The molecule has 4 nitrogen and oxygen atoms in total. The molecule has 4 heteroatoms. The van der Waals surface area contributed by atoms with Crippen molar-refractivity contribution in [3.05, 3.63) is 88.7 Å². The van der Waals surface area contributed by atoms with Crippen molar-refractivity contribution in [2.24, 2.45) is 0 Å². The van der Waals surface area contributed by atoms with Crippen molar-refractivity contribution in [2.75, 3.05) is 0 Å². The third-order valence-electron chi connectivity index (χ3n) is 5.66. The summed E-state index contributed by atoms with van der Waals surface area (Å²) in [5.74, 6) is 2.68. The summed E-state index contributed by atoms with van der Waals surface area (Å²) in [5.41, 5.74) is 6.21. The van der Waals surface area contributed by atoms with E-state index < -0.39 is 0 Å². The summed E-state index contributed by atoms with van der Waals surface area (Å²) in [6, 6.07) is 20.5. The number of unbranched alkanes of at least 4 members (excludes halogenated alkanes) is 1. The first-order chi connectivity index (χ1) is 15.2. The number of benzene rings is 3. The number of imidazole rings is 1. The zero-order chi connectivity index (χ0) is 21.6. The van der Waals surface area contributed by atoms with Gasteiger partial charge in [0.1, 0.15) is 35.8 Å². The fourth-order valence-corrected chi connectivity index (χ4v) is 3.74. The molecule has 31 heavy (non-hydrogen) atoms. The van der Waals surface area contributed by atoms with Crippen LogP contribution in [0.5, 0.6) is 11.5 Å². The Morgan fingerprint density at radius 2 is 1.32 bits per heavy atom. The predicted octanol–water partition coefficient (Wildman–Crippen LogP) is 6.68. The van der Waals surface area contributed by atoms with E-state index >= 15 is 0 Å². The van der Waals surface area contributed by atoms with Crippen molar-refractivity contribution in [1.82, 2.24) is 9.97 Å². The summed E-state index contributed by atoms with van der Waals surface area (Å²) in [6.07, 6.45) is 3.14. The molecule has 0 aliphatic heterocycles. The minimum absolute atomic E-state index is 0.512. The van der Waals surface area contributed by atoms with Crippen LogP contribution in [-0.2, 0) is 19.6 Å². The summed E-state index contributed by atoms with van der Waals surface area (Å²) < 4.78 is 12.6. The van der Waals surface area contributed by atoms with Crippen molar-refractivity contribution in [2.45, 2.75) is 53.2 Å². The molecular formula is C27H30N2O2. The van der Waals surface area contributed by atoms with E-state index in [4.69, 9.17) is 14.5 Å². The van der Waals surface area contributed by atoms with E-state index in [0.29, 0.717) is 13.2 Å². The quantitative estimate of drug-likeness (QED) is 0.332. The Morgan fingerprint density at radius 3 is 1.90 bits per heavy atom. The number of rotatable bonds is 9. The Hall–Kier alpha value is -3.27. The first-order valence-corrected chi connectivity index (χ1v) is 11.0. The zero-order valence-corrected chi connectivity index (χ0v) is 18.6. The molecule has 4 aromatic rings. The number of hydrogen-bond donors (Lipinski definition) is 1. The number of H-pyrrole nitrogens is 1. The van der Waals surface area contributed by atoms with E-state index in [-0.39, 0.29) is 0 Å². The molecule has 0 atom stereocenters. The highest BCUT2D eigenvalue weighted by Crippen LogP contribution is 2.40. The van der Waals surface area contributed by atoms with Crippen molar-refractivity contribution in [3.63, 3.8) is 0 Å². The molecule has 0 bridgehead atoms. The van der Waals surface area contributed by atoms with Crippen molar-refractivity contribution in [1.29, 1.82) is 0 Å². The van der Waals surface area contributed by atoms with Crippen molar-refractivity contribution >= 4 is 11.0 Å². The van der Waals surface area contributed by atoms with E-state index in [9.17, 15) is 0 Å². The molecule has 0 saturated carbocycles. The lowest BCUT2D eigenvalue weighted by Gasteiger charge is -2.17. The maximum atomic E-state index is 6.33. The molecule has 0 unspecified atom stereocenters. The van der Waals surface area contributed by atoms with Crippen molar-refractivity contribution in [3.8, 4) is 11.5 Å². The number of nitrogens with one attached hydrogen (secondary N) is 1. The van der Waals surface area contributed by atoms with Crippen LogP contribution < -0.4 is 9.47 Å². The van der Waals surface area contributed by atoms with Crippen LogP contribution in [0.15, 0.2) is 60.7 Å². The van der Waals surface area contributed by atoms with E-state index in [0.717, 1.165) is 69.9 Å². The van der Waals surface area contributed by atoms with Gasteiger partial charge in [0, 0.05) is 12.0 Å². The largest absolute Gasteiger partial charge is 0.486 e. The molecule has 0 aliphatic carbocycles. The Bertz CT molecular complexity index is 1050. The second kappa shape index (κ2) is 9.69. The van der Waals surface area contributed by atoms with E-state index in [1.165, 1.54) is 0 Å². The molecule has 0 radical (unpaired) electrons. The SMILES string of the molecule is CCCCc1nc2c(OCc3ccccc3)c(C)c(C)c(OCc3ccccc3)c2[nH]1. The van der Waals surface area contributed by atoms with Gasteiger partial charge in [0.2, 0.25) is 0 Å².